The molecule has 1 aromatic heterocycles. The molecule has 8 heteroatoms. The Kier molecular flexibility index (Phi) is 9.10. The second-order valence-corrected chi connectivity index (χ2v) is 8.46. The number of thiazole rings is 1. The maximum Gasteiger partial charge on any atom is 0.233 e. The second-order valence-electron chi connectivity index (χ2n) is 7.49. The zero-order valence-electron chi connectivity index (χ0n) is 18.7. The van der Waals surface area contributed by atoms with Crippen LogP contribution in [0, 0.1) is 6.92 Å². The summed E-state index contributed by atoms with van der Waals surface area (Å²) in [5.41, 5.74) is 2.89. The molecule has 0 aliphatic carbocycles. The Morgan fingerprint density at radius 3 is 2.35 bits per heavy atom. The Balaban J connectivity index is 0.00000341. The first-order valence-corrected chi connectivity index (χ1v) is 10.8. The third-order valence-corrected chi connectivity index (χ3v) is 6.16. The quantitative estimate of drug-likeness (QED) is 0.465. The Bertz CT molecular complexity index is 1010. The third-order valence-electron chi connectivity index (χ3n) is 4.95. The summed E-state index contributed by atoms with van der Waals surface area (Å²) in [7, 11) is 7.35. The van der Waals surface area contributed by atoms with Crippen molar-refractivity contribution in [3.8, 4) is 11.5 Å². The van der Waals surface area contributed by atoms with Gasteiger partial charge in [-0.2, -0.15) is 0 Å². The topological polar surface area (TPSA) is 54.9 Å². The molecule has 0 saturated carbocycles. The molecule has 0 saturated heterocycles. The number of fused-ring (bicyclic) bond motifs is 1. The van der Waals surface area contributed by atoms with Gasteiger partial charge < -0.3 is 14.4 Å². The molecular weight excluding hydrogens is 434 g/mol. The van der Waals surface area contributed by atoms with E-state index in [-0.39, 0.29) is 18.3 Å². The summed E-state index contributed by atoms with van der Waals surface area (Å²) in [6, 6.07) is 11.6. The van der Waals surface area contributed by atoms with Crippen molar-refractivity contribution >= 4 is 45.0 Å². The molecular formula is C23H30ClN3O3S. The number of hydrogen-bond acceptors (Lipinski definition) is 6. The van der Waals surface area contributed by atoms with E-state index in [9.17, 15) is 4.79 Å². The molecule has 0 bridgehead atoms. The number of methoxy groups -OCH3 is 2. The summed E-state index contributed by atoms with van der Waals surface area (Å²) in [4.78, 5) is 22.0. The van der Waals surface area contributed by atoms with Crippen molar-refractivity contribution in [2.45, 2.75) is 19.8 Å². The standard InChI is InChI=1S/C23H29N3O3S.ClH/c1-16-7-12-19(29-5)21-22(16)30-23(24-21)26(14-6-13-25(2)3)20(27)15-17-8-10-18(28-4)11-9-17;/h7-12H,6,13-15H2,1-5H3;1H. The smallest absolute Gasteiger partial charge is 0.233 e. The number of hydrogen-bond donors (Lipinski definition) is 0. The zero-order valence-corrected chi connectivity index (χ0v) is 20.3. The maximum absolute atomic E-state index is 13.3. The number of carbonyl (C=O) groups is 1. The highest BCUT2D eigenvalue weighted by Gasteiger charge is 2.22. The van der Waals surface area contributed by atoms with E-state index in [0.717, 1.165) is 50.9 Å². The van der Waals surface area contributed by atoms with Crippen molar-refractivity contribution in [3.05, 3.63) is 47.5 Å². The first-order chi connectivity index (χ1) is 14.4. The number of aryl methyl sites for hydroxylation is 1. The minimum atomic E-state index is 0. The number of aromatic nitrogens is 1. The third kappa shape index (κ3) is 6.09. The molecule has 0 atom stereocenters. The first kappa shape index (κ1) is 24.9. The van der Waals surface area contributed by atoms with Gasteiger partial charge >= 0.3 is 0 Å². The largest absolute Gasteiger partial charge is 0.497 e. The fraction of sp³-hybridized carbons (Fsp3) is 0.391. The van der Waals surface area contributed by atoms with Crippen LogP contribution in [0.15, 0.2) is 36.4 Å². The van der Waals surface area contributed by atoms with Crippen LogP contribution >= 0.6 is 23.7 Å². The number of halogens is 1. The predicted octanol–water partition coefficient (Wildman–Crippen LogP) is 4.57. The van der Waals surface area contributed by atoms with Crippen molar-refractivity contribution in [3.63, 3.8) is 0 Å². The Labute approximate surface area is 194 Å². The van der Waals surface area contributed by atoms with E-state index in [1.165, 1.54) is 0 Å². The van der Waals surface area contributed by atoms with Crippen molar-refractivity contribution in [1.82, 2.24) is 9.88 Å². The lowest BCUT2D eigenvalue weighted by Gasteiger charge is -2.21. The lowest BCUT2D eigenvalue weighted by Crippen LogP contribution is -2.34. The molecule has 1 heterocycles. The molecule has 0 unspecified atom stereocenters. The Morgan fingerprint density at radius 2 is 1.74 bits per heavy atom. The van der Waals surface area contributed by atoms with Gasteiger partial charge in [0.2, 0.25) is 5.91 Å². The minimum Gasteiger partial charge on any atom is -0.497 e. The zero-order chi connectivity index (χ0) is 21.7. The molecule has 0 radical (unpaired) electrons. The lowest BCUT2D eigenvalue weighted by atomic mass is 10.1. The van der Waals surface area contributed by atoms with Crippen LogP contribution in [0.2, 0.25) is 0 Å². The van der Waals surface area contributed by atoms with Gasteiger partial charge in [0.25, 0.3) is 0 Å². The summed E-state index contributed by atoms with van der Waals surface area (Å²) in [6.45, 7) is 3.58. The number of amides is 1. The van der Waals surface area contributed by atoms with Crippen molar-refractivity contribution in [2.75, 3.05) is 46.3 Å². The van der Waals surface area contributed by atoms with Crippen LogP contribution in [-0.2, 0) is 11.2 Å². The van der Waals surface area contributed by atoms with Gasteiger partial charge in [-0.1, -0.05) is 29.5 Å². The van der Waals surface area contributed by atoms with Crippen LogP contribution in [0.1, 0.15) is 17.5 Å². The van der Waals surface area contributed by atoms with E-state index in [0.29, 0.717) is 13.0 Å². The van der Waals surface area contributed by atoms with Crippen LogP contribution in [-0.4, -0.2) is 57.2 Å². The van der Waals surface area contributed by atoms with Gasteiger partial charge in [-0.3, -0.25) is 9.69 Å². The fourth-order valence-corrected chi connectivity index (χ4v) is 4.36. The first-order valence-electron chi connectivity index (χ1n) is 9.95. The summed E-state index contributed by atoms with van der Waals surface area (Å²) in [5.74, 6) is 1.55. The van der Waals surface area contributed by atoms with Crippen LogP contribution in [0.5, 0.6) is 11.5 Å². The number of benzene rings is 2. The predicted molar refractivity (Wildman–Crippen MR) is 130 cm³/mol. The minimum absolute atomic E-state index is 0. The molecule has 3 aromatic rings. The average Bonchev–Trinajstić information content (AvgIpc) is 3.17. The van der Waals surface area contributed by atoms with Gasteiger partial charge in [0.15, 0.2) is 5.13 Å². The van der Waals surface area contributed by atoms with E-state index >= 15 is 0 Å². The van der Waals surface area contributed by atoms with Crippen LogP contribution in [0.3, 0.4) is 0 Å². The fourth-order valence-electron chi connectivity index (χ4n) is 3.26. The summed E-state index contributed by atoms with van der Waals surface area (Å²) >= 11 is 1.55. The Hall–Kier alpha value is -2.35. The molecule has 0 N–H and O–H groups in total. The van der Waals surface area contributed by atoms with Crippen LogP contribution < -0.4 is 14.4 Å². The Morgan fingerprint density at radius 1 is 1.03 bits per heavy atom. The van der Waals surface area contributed by atoms with Crippen LogP contribution in [0.25, 0.3) is 10.2 Å². The van der Waals surface area contributed by atoms with Gasteiger partial charge in [0, 0.05) is 6.54 Å². The highest BCUT2D eigenvalue weighted by molar-refractivity contribution is 7.22. The summed E-state index contributed by atoms with van der Waals surface area (Å²) in [6.07, 6.45) is 1.19. The van der Waals surface area contributed by atoms with E-state index in [1.807, 2.05) is 55.4 Å². The van der Waals surface area contributed by atoms with E-state index < -0.39 is 0 Å². The molecule has 0 aliphatic heterocycles. The van der Waals surface area contributed by atoms with E-state index in [2.05, 4.69) is 11.8 Å². The summed E-state index contributed by atoms with van der Waals surface area (Å²) in [5, 5.41) is 0.717. The highest BCUT2D eigenvalue weighted by Crippen LogP contribution is 2.36. The molecule has 6 nitrogen and oxygen atoms in total. The number of nitrogens with zero attached hydrogens (tertiary/aromatic N) is 3. The molecule has 0 spiro atoms. The molecule has 0 aliphatic rings. The maximum atomic E-state index is 13.3. The van der Waals surface area contributed by atoms with Gasteiger partial charge in [-0.25, -0.2) is 4.98 Å². The van der Waals surface area contributed by atoms with E-state index in [4.69, 9.17) is 14.5 Å². The second kappa shape index (κ2) is 11.3. The van der Waals surface area contributed by atoms with Crippen molar-refractivity contribution in [1.29, 1.82) is 0 Å². The SMILES string of the molecule is COc1ccc(CC(=O)N(CCCN(C)C)c2nc3c(OC)ccc(C)c3s2)cc1.Cl. The van der Waals surface area contributed by atoms with Gasteiger partial charge in [0.1, 0.15) is 17.0 Å². The number of carbonyl (C=O) groups excluding carboxylic acids is 1. The molecule has 1 amide bonds. The van der Waals surface area contributed by atoms with Crippen molar-refractivity contribution in [2.24, 2.45) is 0 Å². The van der Waals surface area contributed by atoms with Gasteiger partial charge in [0.05, 0.1) is 25.3 Å². The van der Waals surface area contributed by atoms with Gasteiger partial charge in [-0.15, -0.1) is 12.4 Å². The molecule has 31 heavy (non-hydrogen) atoms. The molecule has 2 aromatic carbocycles. The molecule has 3 rings (SSSR count). The molecule has 0 fully saturated rings. The summed E-state index contributed by atoms with van der Waals surface area (Å²) < 4.78 is 11.8. The number of rotatable bonds is 9. The lowest BCUT2D eigenvalue weighted by molar-refractivity contribution is -0.118. The number of ether oxygens (including phenoxy) is 2. The molecule has 168 valence electrons. The van der Waals surface area contributed by atoms with E-state index in [1.54, 1.807) is 25.6 Å². The normalized spacial score (nSPS) is 10.8. The average molecular weight is 464 g/mol. The monoisotopic (exact) mass is 463 g/mol. The van der Waals surface area contributed by atoms with Gasteiger partial charge in [-0.05, 0) is 63.3 Å². The number of anilines is 1. The van der Waals surface area contributed by atoms with Crippen molar-refractivity contribution < 1.29 is 14.3 Å². The van der Waals surface area contributed by atoms with Crippen LogP contribution in [0.4, 0.5) is 5.13 Å². The highest BCUT2D eigenvalue weighted by atomic mass is 35.5.